The molecule has 0 aliphatic rings. The van der Waals surface area contributed by atoms with Crippen molar-refractivity contribution in [2.75, 3.05) is 6.54 Å². The number of benzene rings is 2. The SMILES string of the molecule is CC(C)C[C@H](NC(=O)[C@H](CCC(=O)O)NC(=O)[C@@H](N)CC(N)=O)C(=O)N[C@@H](Cc1ccccc1)C(=O)N[C@@H](CCCCN)C(=O)N[C@@H](Cc1cnc[nH]1)C(=O)N[C@@H](Cc1ccccc1)C(=O)O. The highest BCUT2D eigenvalue weighted by Crippen LogP contribution is 2.12. The van der Waals surface area contributed by atoms with Crippen LogP contribution in [0.4, 0.5) is 0 Å². The first-order valence-electron chi connectivity index (χ1n) is 21.9. The van der Waals surface area contributed by atoms with Gasteiger partial charge in [0.05, 0.1) is 18.8 Å². The van der Waals surface area contributed by atoms with E-state index in [4.69, 9.17) is 17.2 Å². The Hall–Kier alpha value is -7.20. The smallest absolute Gasteiger partial charge is 0.326 e. The number of hydrogen-bond acceptors (Lipinski definition) is 12. The first kappa shape index (κ1) is 54.1. The molecule has 22 heteroatoms. The third-order valence-electron chi connectivity index (χ3n) is 10.4. The molecule has 7 amide bonds. The number of carboxylic acid groups (broad SMARTS) is 2. The second-order valence-corrected chi connectivity index (χ2v) is 16.5. The van der Waals surface area contributed by atoms with E-state index in [1.807, 2.05) is 0 Å². The summed E-state index contributed by atoms with van der Waals surface area (Å²) in [5.74, 6) is -8.83. The lowest BCUT2D eigenvalue weighted by Crippen LogP contribution is -2.60. The number of aromatic nitrogens is 2. The zero-order chi connectivity index (χ0) is 49.5. The summed E-state index contributed by atoms with van der Waals surface area (Å²) in [6.07, 6.45) is 1.91. The highest BCUT2D eigenvalue weighted by molar-refractivity contribution is 5.97. The Morgan fingerprint density at radius 1 is 0.612 bits per heavy atom. The van der Waals surface area contributed by atoms with Gasteiger partial charge in [-0.3, -0.25) is 38.4 Å². The summed E-state index contributed by atoms with van der Waals surface area (Å²) < 4.78 is 0. The topological polar surface area (TPSA) is 373 Å². The van der Waals surface area contributed by atoms with Gasteiger partial charge in [-0.15, -0.1) is 0 Å². The molecule has 1 heterocycles. The summed E-state index contributed by atoms with van der Waals surface area (Å²) in [5, 5.41) is 34.9. The lowest BCUT2D eigenvalue weighted by Gasteiger charge is -2.28. The maximum Gasteiger partial charge on any atom is 0.326 e. The Morgan fingerprint density at radius 2 is 1.07 bits per heavy atom. The molecule has 67 heavy (non-hydrogen) atoms. The van der Waals surface area contributed by atoms with Gasteiger partial charge >= 0.3 is 11.9 Å². The number of carboxylic acids is 2. The minimum Gasteiger partial charge on any atom is -0.481 e. The molecule has 0 aliphatic heterocycles. The second kappa shape index (κ2) is 28.0. The van der Waals surface area contributed by atoms with Crippen molar-refractivity contribution < 1.29 is 53.4 Å². The zero-order valence-electron chi connectivity index (χ0n) is 37.6. The van der Waals surface area contributed by atoms with E-state index in [-0.39, 0.29) is 44.6 Å². The zero-order valence-corrected chi connectivity index (χ0v) is 37.6. The molecule has 3 aromatic rings. The largest absolute Gasteiger partial charge is 0.481 e. The van der Waals surface area contributed by atoms with E-state index in [9.17, 15) is 53.4 Å². The van der Waals surface area contributed by atoms with Crippen molar-refractivity contribution in [3.05, 3.63) is 90.0 Å². The monoisotopic (exact) mass is 933 g/mol. The van der Waals surface area contributed by atoms with Gasteiger partial charge < -0.3 is 64.3 Å². The van der Waals surface area contributed by atoms with Gasteiger partial charge in [-0.25, -0.2) is 9.78 Å². The van der Waals surface area contributed by atoms with Crippen LogP contribution >= 0.6 is 0 Å². The number of aromatic amines is 1. The molecule has 22 nitrogen and oxygen atoms in total. The maximum absolute atomic E-state index is 14.4. The van der Waals surface area contributed by atoms with E-state index in [1.54, 1.807) is 74.5 Å². The molecular formula is C45H63N11O11. The van der Waals surface area contributed by atoms with Crippen LogP contribution in [0.5, 0.6) is 0 Å². The standard InChI is InChI=1S/C45H63N11O11/c1-26(2)19-33(53-41(62)32(16-17-38(58)59)51-39(60)30(47)23-37(48)57)42(63)54-34(20-27-11-5-3-6-12-27)43(64)52-31(15-9-10-18-46)40(61)55-35(22-29-24-49-25-50-29)44(65)56-36(45(66)67)21-28-13-7-4-8-14-28/h3-8,11-14,24-26,30-36H,9-10,15-23,46-47H2,1-2H3,(H2,48,57)(H,49,50)(H,51,60)(H,52,64)(H,53,62)(H,54,63)(H,55,61)(H,56,65)(H,58,59)(H,66,67)/t30-,31-,32-,33-,34-,35-,36-/m0/s1. The molecule has 0 unspecified atom stereocenters. The van der Waals surface area contributed by atoms with Gasteiger partial charge in [0.15, 0.2) is 0 Å². The number of nitrogens with one attached hydrogen (secondary N) is 7. The minimum absolute atomic E-state index is 0.0238. The van der Waals surface area contributed by atoms with Crippen molar-refractivity contribution in [1.82, 2.24) is 41.9 Å². The Kier molecular flexibility index (Phi) is 22.6. The van der Waals surface area contributed by atoms with Crippen molar-refractivity contribution >= 4 is 53.3 Å². The number of rotatable bonds is 30. The summed E-state index contributed by atoms with van der Waals surface area (Å²) in [4.78, 5) is 125. The Balaban J connectivity index is 1.91. The molecule has 364 valence electrons. The Bertz CT molecular complexity index is 2110. The summed E-state index contributed by atoms with van der Waals surface area (Å²) in [6, 6.07) is 7.64. The highest BCUT2D eigenvalue weighted by Gasteiger charge is 2.34. The first-order valence-corrected chi connectivity index (χ1v) is 21.9. The highest BCUT2D eigenvalue weighted by atomic mass is 16.4. The van der Waals surface area contributed by atoms with Crippen LogP contribution in [0.25, 0.3) is 0 Å². The fraction of sp³-hybridized carbons (Fsp3) is 0.467. The third-order valence-corrected chi connectivity index (χ3v) is 10.4. The van der Waals surface area contributed by atoms with E-state index in [1.165, 1.54) is 12.5 Å². The van der Waals surface area contributed by atoms with Gasteiger partial charge in [0.1, 0.15) is 36.3 Å². The number of carbonyl (C=O) groups is 9. The third kappa shape index (κ3) is 19.8. The van der Waals surface area contributed by atoms with Crippen molar-refractivity contribution in [2.45, 2.75) is 120 Å². The van der Waals surface area contributed by atoms with Gasteiger partial charge in [-0.1, -0.05) is 74.5 Å². The average Bonchev–Trinajstić information content (AvgIpc) is 3.79. The lowest BCUT2D eigenvalue weighted by molar-refractivity contribution is -0.142. The van der Waals surface area contributed by atoms with E-state index < -0.39 is 115 Å². The van der Waals surface area contributed by atoms with Gasteiger partial charge in [0.25, 0.3) is 0 Å². The molecule has 0 saturated carbocycles. The molecule has 1 aromatic heterocycles. The van der Waals surface area contributed by atoms with Crippen LogP contribution in [0.3, 0.4) is 0 Å². The van der Waals surface area contributed by atoms with E-state index >= 15 is 0 Å². The predicted molar refractivity (Wildman–Crippen MR) is 243 cm³/mol. The van der Waals surface area contributed by atoms with E-state index in [2.05, 4.69) is 41.9 Å². The molecule has 0 bridgehead atoms. The van der Waals surface area contributed by atoms with Gasteiger partial charge in [-0.05, 0) is 55.7 Å². The summed E-state index contributed by atoms with van der Waals surface area (Å²) in [5.41, 5.74) is 18.4. The average molecular weight is 934 g/mol. The van der Waals surface area contributed by atoms with Crippen LogP contribution in [0.1, 0.15) is 75.6 Å². The number of amides is 7. The first-order chi connectivity index (χ1) is 31.9. The number of H-pyrrole nitrogens is 1. The predicted octanol–water partition coefficient (Wildman–Crippen LogP) is -1.33. The molecule has 0 fully saturated rings. The Labute approximate surface area is 387 Å². The van der Waals surface area contributed by atoms with E-state index in [0.29, 0.717) is 29.7 Å². The number of primary amides is 1. The normalized spacial score (nSPS) is 14.2. The number of hydrogen-bond donors (Lipinski definition) is 12. The Morgan fingerprint density at radius 3 is 1.57 bits per heavy atom. The van der Waals surface area contributed by atoms with Crippen LogP contribution in [0.2, 0.25) is 0 Å². The van der Waals surface area contributed by atoms with Gasteiger partial charge in [0.2, 0.25) is 41.4 Å². The number of unbranched alkanes of at least 4 members (excludes halogenated alkanes) is 1. The fourth-order valence-electron chi connectivity index (χ4n) is 6.89. The lowest BCUT2D eigenvalue weighted by atomic mass is 9.99. The molecule has 0 spiro atoms. The number of carbonyl (C=O) groups excluding carboxylic acids is 7. The number of imidazole rings is 1. The van der Waals surface area contributed by atoms with Crippen molar-refractivity contribution in [2.24, 2.45) is 23.1 Å². The van der Waals surface area contributed by atoms with Crippen LogP contribution < -0.4 is 49.1 Å². The fourth-order valence-corrected chi connectivity index (χ4v) is 6.89. The maximum atomic E-state index is 14.4. The molecular weight excluding hydrogens is 871 g/mol. The molecule has 7 atom stereocenters. The van der Waals surface area contributed by atoms with Crippen molar-refractivity contribution in [3.8, 4) is 0 Å². The number of aliphatic carboxylic acids is 2. The molecule has 0 radical (unpaired) electrons. The van der Waals surface area contributed by atoms with Gasteiger partial charge in [0, 0.05) is 37.6 Å². The second-order valence-electron chi connectivity index (χ2n) is 16.5. The van der Waals surface area contributed by atoms with Crippen LogP contribution in [-0.4, -0.2) is 122 Å². The summed E-state index contributed by atoms with van der Waals surface area (Å²) in [6.45, 7) is 3.80. The van der Waals surface area contributed by atoms with Gasteiger partial charge in [-0.2, -0.15) is 0 Å². The number of nitrogens with zero attached hydrogens (tertiary/aromatic N) is 1. The molecule has 0 saturated heterocycles. The van der Waals surface area contributed by atoms with Crippen LogP contribution in [0.15, 0.2) is 73.2 Å². The molecule has 2 aromatic carbocycles. The molecule has 15 N–H and O–H groups in total. The minimum atomic E-state index is -1.50. The molecule has 3 rings (SSSR count). The van der Waals surface area contributed by atoms with Crippen LogP contribution in [-0.2, 0) is 62.4 Å². The quantitative estimate of drug-likeness (QED) is 0.0345. The molecule has 0 aliphatic carbocycles. The number of nitrogens with two attached hydrogens (primary N) is 3. The summed E-state index contributed by atoms with van der Waals surface area (Å²) >= 11 is 0. The van der Waals surface area contributed by atoms with E-state index in [0.717, 1.165) is 0 Å². The summed E-state index contributed by atoms with van der Waals surface area (Å²) in [7, 11) is 0. The van der Waals surface area contributed by atoms with Crippen molar-refractivity contribution in [1.29, 1.82) is 0 Å². The van der Waals surface area contributed by atoms with Crippen molar-refractivity contribution in [3.63, 3.8) is 0 Å². The van der Waals surface area contributed by atoms with Crippen LogP contribution in [0, 0.1) is 5.92 Å².